The normalized spacial score (nSPS) is 20.5. The van der Waals surface area contributed by atoms with Crippen LogP contribution in [0.25, 0.3) is 5.57 Å². The van der Waals surface area contributed by atoms with Gasteiger partial charge in [-0.3, -0.25) is 0 Å². The summed E-state index contributed by atoms with van der Waals surface area (Å²) in [5, 5.41) is 8.93. The molecule has 1 atom stereocenters. The van der Waals surface area contributed by atoms with Crippen molar-refractivity contribution in [2.24, 2.45) is 5.73 Å². The van der Waals surface area contributed by atoms with E-state index < -0.39 is 0 Å². The number of nitrogens with zero attached hydrogens (tertiary/aromatic N) is 1. The van der Waals surface area contributed by atoms with E-state index in [1.165, 1.54) is 12.1 Å². The molecular weight excluding hydrogens is 191 g/mol. The maximum Gasteiger partial charge on any atom is 0.123 e. The van der Waals surface area contributed by atoms with Crippen LogP contribution in [0.15, 0.2) is 29.8 Å². The second-order valence-electron chi connectivity index (χ2n) is 3.66. The number of benzene rings is 1. The molecule has 1 aromatic carbocycles. The fraction of sp³-hybridized carbons (Fsp3) is 0.250. The number of nitrogens with two attached hydrogens (primary N) is 1. The first kappa shape index (κ1) is 9.88. The fourth-order valence-corrected chi connectivity index (χ4v) is 1.96. The second kappa shape index (κ2) is 3.84. The van der Waals surface area contributed by atoms with Gasteiger partial charge in [-0.15, -0.1) is 0 Å². The molecule has 0 radical (unpaired) electrons. The highest BCUT2D eigenvalue weighted by Gasteiger charge is 2.23. The van der Waals surface area contributed by atoms with E-state index in [2.05, 4.69) is 6.07 Å². The van der Waals surface area contributed by atoms with E-state index in [9.17, 15) is 4.39 Å². The molecule has 0 fully saturated rings. The molecule has 1 unspecified atom stereocenters. The van der Waals surface area contributed by atoms with E-state index in [4.69, 9.17) is 11.0 Å². The van der Waals surface area contributed by atoms with Crippen molar-refractivity contribution in [2.45, 2.75) is 18.9 Å². The molecule has 0 amide bonds. The van der Waals surface area contributed by atoms with Crippen molar-refractivity contribution < 1.29 is 4.39 Å². The van der Waals surface area contributed by atoms with Gasteiger partial charge in [0, 0.05) is 11.6 Å². The van der Waals surface area contributed by atoms with Crippen LogP contribution in [-0.2, 0) is 0 Å². The molecule has 2 rings (SSSR count). The highest BCUT2D eigenvalue weighted by atomic mass is 19.1. The third-order valence-corrected chi connectivity index (χ3v) is 2.67. The lowest BCUT2D eigenvalue weighted by Crippen LogP contribution is -2.17. The molecule has 0 aliphatic heterocycles. The van der Waals surface area contributed by atoms with Gasteiger partial charge >= 0.3 is 0 Å². The maximum atomic E-state index is 13.0. The van der Waals surface area contributed by atoms with Crippen molar-refractivity contribution in [2.75, 3.05) is 0 Å². The number of halogens is 1. The summed E-state index contributed by atoms with van der Waals surface area (Å²) in [7, 11) is 0. The Bertz CT molecular complexity index is 457. The van der Waals surface area contributed by atoms with Crippen molar-refractivity contribution in [3.63, 3.8) is 0 Å². The summed E-state index contributed by atoms with van der Waals surface area (Å²) < 4.78 is 13.0. The number of allylic oxidation sites excluding steroid dienone is 1. The SMILES string of the molecule is N#CC1=C(c2cccc(F)c2)C(N)CC1. The highest BCUT2D eigenvalue weighted by molar-refractivity contribution is 5.77. The summed E-state index contributed by atoms with van der Waals surface area (Å²) in [6, 6.07) is 8.25. The third kappa shape index (κ3) is 1.77. The molecule has 3 heteroatoms. The van der Waals surface area contributed by atoms with Gasteiger partial charge in [-0.2, -0.15) is 5.26 Å². The molecule has 0 saturated heterocycles. The van der Waals surface area contributed by atoms with Gasteiger partial charge in [-0.05, 0) is 36.1 Å². The molecule has 15 heavy (non-hydrogen) atoms. The summed E-state index contributed by atoms with van der Waals surface area (Å²) in [5.74, 6) is -0.295. The first-order valence-corrected chi connectivity index (χ1v) is 4.87. The van der Waals surface area contributed by atoms with Crippen molar-refractivity contribution in [3.8, 4) is 6.07 Å². The number of hydrogen-bond acceptors (Lipinski definition) is 2. The van der Waals surface area contributed by atoms with Crippen LogP contribution in [0.3, 0.4) is 0 Å². The van der Waals surface area contributed by atoms with E-state index in [0.29, 0.717) is 12.0 Å². The maximum absolute atomic E-state index is 13.0. The molecule has 76 valence electrons. The molecule has 1 aromatic rings. The van der Waals surface area contributed by atoms with Crippen LogP contribution >= 0.6 is 0 Å². The van der Waals surface area contributed by atoms with E-state index >= 15 is 0 Å². The number of rotatable bonds is 1. The fourth-order valence-electron chi connectivity index (χ4n) is 1.96. The predicted octanol–water partition coefficient (Wildman–Crippen LogP) is 2.22. The summed E-state index contributed by atoms with van der Waals surface area (Å²) in [6.45, 7) is 0. The average Bonchev–Trinajstić information content (AvgIpc) is 2.59. The van der Waals surface area contributed by atoms with Crippen LogP contribution < -0.4 is 5.73 Å². The van der Waals surface area contributed by atoms with Crippen LogP contribution in [-0.4, -0.2) is 6.04 Å². The van der Waals surface area contributed by atoms with Gasteiger partial charge < -0.3 is 5.73 Å². The zero-order valence-corrected chi connectivity index (χ0v) is 8.20. The van der Waals surface area contributed by atoms with Crippen molar-refractivity contribution in [1.29, 1.82) is 5.26 Å². The molecular formula is C12H11FN2. The molecule has 2 nitrogen and oxygen atoms in total. The molecule has 0 saturated carbocycles. The zero-order chi connectivity index (χ0) is 10.8. The molecule has 2 N–H and O–H groups in total. The van der Waals surface area contributed by atoms with Gasteiger partial charge in [0.15, 0.2) is 0 Å². The minimum atomic E-state index is -0.295. The Kier molecular flexibility index (Phi) is 2.53. The Morgan fingerprint density at radius 3 is 2.93 bits per heavy atom. The second-order valence-corrected chi connectivity index (χ2v) is 3.66. The standard InChI is InChI=1S/C12H11FN2/c13-10-3-1-2-8(6-10)12-9(7-14)4-5-11(12)15/h1-3,6,11H,4-5,15H2. The predicted molar refractivity (Wildman–Crippen MR) is 56.1 cm³/mol. The van der Waals surface area contributed by atoms with E-state index in [1.54, 1.807) is 12.1 Å². The average molecular weight is 202 g/mol. The van der Waals surface area contributed by atoms with Crippen LogP contribution in [0.5, 0.6) is 0 Å². The molecule has 0 spiro atoms. The van der Waals surface area contributed by atoms with Crippen LogP contribution in [0.1, 0.15) is 18.4 Å². The van der Waals surface area contributed by atoms with Gasteiger partial charge in [0.2, 0.25) is 0 Å². The zero-order valence-electron chi connectivity index (χ0n) is 8.20. The summed E-state index contributed by atoms with van der Waals surface area (Å²) in [5.41, 5.74) is 8.12. The smallest absolute Gasteiger partial charge is 0.123 e. The van der Waals surface area contributed by atoms with E-state index in [-0.39, 0.29) is 11.9 Å². The van der Waals surface area contributed by atoms with E-state index in [0.717, 1.165) is 17.6 Å². The molecule has 0 aromatic heterocycles. The monoisotopic (exact) mass is 202 g/mol. The highest BCUT2D eigenvalue weighted by Crippen LogP contribution is 2.32. The first-order valence-electron chi connectivity index (χ1n) is 4.87. The van der Waals surface area contributed by atoms with Gasteiger partial charge in [0.05, 0.1) is 6.07 Å². The minimum absolute atomic E-state index is 0.138. The van der Waals surface area contributed by atoms with Gasteiger partial charge in [0.25, 0.3) is 0 Å². The number of nitriles is 1. The van der Waals surface area contributed by atoms with Gasteiger partial charge in [-0.25, -0.2) is 4.39 Å². The van der Waals surface area contributed by atoms with Crippen LogP contribution in [0, 0.1) is 17.1 Å². The molecule has 1 aliphatic rings. The van der Waals surface area contributed by atoms with Gasteiger partial charge in [0.1, 0.15) is 5.82 Å². The van der Waals surface area contributed by atoms with Crippen LogP contribution in [0.4, 0.5) is 4.39 Å². The quantitative estimate of drug-likeness (QED) is 0.759. The Labute approximate surface area is 87.8 Å². The Morgan fingerprint density at radius 2 is 2.27 bits per heavy atom. The lowest BCUT2D eigenvalue weighted by molar-refractivity contribution is 0.627. The van der Waals surface area contributed by atoms with Gasteiger partial charge in [-0.1, -0.05) is 12.1 Å². The van der Waals surface area contributed by atoms with Crippen molar-refractivity contribution in [3.05, 3.63) is 41.2 Å². The van der Waals surface area contributed by atoms with Crippen LogP contribution in [0.2, 0.25) is 0 Å². The Balaban J connectivity index is 2.50. The lowest BCUT2D eigenvalue weighted by atomic mass is 10.00. The Morgan fingerprint density at radius 1 is 1.47 bits per heavy atom. The topological polar surface area (TPSA) is 49.8 Å². The third-order valence-electron chi connectivity index (χ3n) is 2.67. The van der Waals surface area contributed by atoms with Crippen molar-refractivity contribution >= 4 is 5.57 Å². The molecule has 0 bridgehead atoms. The summed E-state index contributed by atoms with van der Waals surface area (Å²) >= 11 is 0. The first-order chi connectivity index (χ1) is 7.22. The molecule has 0 heterocycles. The largest absolute Gasteiger partial charge is 0.324 e. The lowest BCUT2D eigenvalue weighted by Gasteiger charge is -2.09. The summed E-state index contributed by atoms with van der Waals surface area (Å²) in [6.07, 6.45) is 1.47. The Hall–Kier alpha value is -1.66. The number of hydrogen-bond donors (Lipinski definition) is 1. The van der Waals surface area contributed by atoms with E-state index in [1.807, 2.05) is 0 Å². The summed E-state index contributed by atoms with van der Waals surface area (Å²) in [4.78, 5) is 0. The molecule has 1 aliphatic carbocycles. The van der Waals surface area contributed by atoms with Crippen molar-refractivity contribution in [1.82, 2.24) is 0 Å². The minimum Gasteiger partial charge on any atom is -0.324 e.